The Morgan fingerprint density at radius 1 is 1.16 bits per heavy atom. The van der Waals surface area contributed by atoms with Gasteiger partial charge in [0.05, 0.1) is 35.1 Å². The molecule has 0 aliphatic carbocycles. The maximum Gasteiger partial charge on any atom is 0.293 e. The summed E-state index contributed by atoms with van der Waals surface area (Å²) in [5.41, 5.74) is 2.02. The van der Waals surface area contributed by atoms with E-state index >= 15 is 0 Å². The summed E-state index contributed by atoms with van der Waals surface area (Å²) in [4.78, 5) is 37.5. The molecule has 2 heterocycles. The Morgan fingerprint density at radius 2 is 1.97 bits per heavy atom. The van der Waals surface area contributed by atoms with Gasteiger partial charge >= 0.3 is 0 Å². The van der Waals surface area contributed by atoms with E-state index in [2.05, 4.69) is 0 Å². The molecule has 0 spiro atoms. The predicted molar refractivity (Wildman–Crippen MR) is 120 cm³/mol. The molecule has 162 valence electrons. The number of nitro groups is 1. The van der Waals surface area contributed by atoms with Gasteiger partial charge in [0.15, 0.2) is 0 Å². The molecule has 1 fully saturated rings. The maximum atomic E-state index is 12.8. The standard InChI is InChI=1S/C23H18N2O6S/c1-14-4-3-5-15(10-14)13-24-22(26)21(32-23(24)27)12-17-7-9-20(31-17)18-8-6-16(30-2)11-19(18)25(28)29/h3-12H,13H2,1-2H3/b21-12-. The van der Waals surface area contributed by atoms with Gasteiger partial charge in [0.1, 0.15) is 17.3 Å². The van der Waals surface area contributed by atoms with Crippen LogP contribution in [0.3, 0.4) is 0 Å². The lowest BCUT2D eigenvalue weighted by molar-refractivity contribution is -0.384. The van der Waals surface area contributed by atoms with Gasteiger partial charge in [-0.25, -0.2) is 0 Å². The van der Waals surface area contributed by atoms with Crippen LogP contribution in [0.1, 0.15) is 16.9 Å². The number of methoxy groups -OCH3 is 1. The van der Waals surface area contributed by atoms with Crippen LogP contribution in [0.5, 0.6) is 5.75 Å². The molecule has 1 saturated heterocycles. The molecular weight excluding hydrogens is 432 g/mol. The smallest absolute Gasteiger partial charge is 0.293 e. The Labute approximate surface area is 187 Å². The summed E-state index contributed by atoms with van der Waals surface area (Å²) in [5, 5.41) is 11.1. The van der Waals surface area contributed by atoms with E-state index in [0.29, 0.717) is 11.5 Å². The zero-order valence-corrected chi connectivity index (χ0v) is 18.0. The summed E-state index contributed by atoms with van der Waals surface area (Å²) in [6.45, 7) is 2.13. The van der Waals surface area contributed by atoms with E-state index in [0.717, 1.165) is 22.9 Å². The maximum absolute atomic E-state index is 12.8. The van der Waals surface area contributed by atoms with E-state index in [1.54, 1.807) is 18.2 Å². The van der Waals surface area contributed by atoms with Crippen molar-refractivity contribution in [3.05, 3.63) is 86.5 Å². The zero-order chi connectivity index (χ0) is 22.8. The van der Waals surface area contributed by atoms with Crippen molar-refractivity contribution in [1.82, 2.24) is 4.90 Å². The summed E-state index contributed by atoms with van der Waals surface area (Å²) in [5.74, 6) is 0.528. The molecule has 0 bridgehead atoms. The first-order chi connectivity index (χ1) is 15.4. The van der Waals surface area contributed by atoms with E-state index in [1.807, 2.05) is 31.2 Å². The Bertz CT molecular complexity index is 1260. The molecule has 0 unspecified atom stereocenters. The highest BCUT2D eigenvalue weighted by Gasteiger charge is 2.35. The fourth-order valence-corrected chi connectivity index (χ4v) is 4.15. The molecule has 0 radical (unpaired) electrons. The number of ether oxygens (including phenoxy) is 1. The van der Waals surface area contributed by atoms with Crippen molar-refractivity contribution < 1.29 is 23.7 Å². The molecule has 1 aliphatic heterocycles. The van der Waals surface area contributed by atoms with Crippen LogP contribution in [0.4, 0.5) is 10.5 Å². The lowest BCUT2D eigenvalue weighted by Crippen LogP contribution is -2.27. The Morgan fingerprint density at radius 3 is 2.69 bits per heavy atom. The van der Waals surface area contributed by atoms with Gasteiger partial charge in [0, 0.05) is 6.08 Å². The fraction of sp³-hybridized carbons (Fsp3) is 0.130. The third-order valence-corrected chi connectivity index (χ3v) is 5.77. The number of hydrogen-bond acceptors (Lipinski definition) is 7. The molecule has 0 N–H and O–H groups in total. The van der Waals surface area contributed by atoms with Gasteiger partial charge in [-0.05, 0) is 48.5 Å². The lowest BCUT2D eigenvalue weighted by atomic mass is 10.1. The average molecular weight is 450 g/mol. The van der Waals surface area contributed by atoms with Crippen LogP contribution in [0.2, 0.25) is 0 Å². The third-order valence-electron chi connectivity index (χ3n) is 4.86. The SMILES string of the molecule is COc1ccc(-c2ccc(/C=C3\SC(=O)N(Cc4cccc(C)c4)C3=O)o2)c([N+](=O)[O-])c1. The summed E-state index contributed by atoms with van der Waals surface area (Å²) in [6.07, 6.45) is 1.47. The van der Waals surface area contributed by atoms with Crippen molar-refractivity contribution in [1.29, 1.82) is 0 Å². The van der Waals surface area contributed by atoms with Crippen molar-refractivity contribution in [2.45, 2.75) is 13.5 Å². The number of carbonyl (C=O) groups excluding carboxylic acids is 2. The van der Waals surface area contributed by atoms with Crippen LogP contribution in [-0.4, -0.2) is 28.1 Å². The monoisotopic (exact) mass is 450 g/mol. The first-order valence-corrected chi connectivity index (χ1v) is 10.4. The Balaban J connectivity index is 1.58. The zero-order valence-electron chi connectivity index (χ0n) is 17.2. The van der Waals surface area contributed by atoms with Crippen LogP contribution in [-0.2, 0) is 11.3 Å². The summed E-state index contributed by atoms with van der Waals surface area (Å²) < 4.78 is 10.8. The average Bonchev–Trinajstić information content (AvgIpc) is 3.33. The van der Waals surface area contributed by atoms with Gasteiger partial charge in [0.25, 0.3) is 16.8 Å². The topological polar surface area (TPSA) is 103 Å². The van der Waals surface area contributed by atoms with Crippen molar-refractivity contribution in [2.75, 3.05) is 7.11 Å². The predicted octanol–water partition coefficient (Wildman–Crippen LogP) is 5.41. The van der Waals surface area contributed by atoms with Crippen LogP contribution < -0.4 is 4.74 Å². The first kappa shape index (κ1) is 21.4. The molecule has 1 aromatic heterocycles. The van der Waals surface area contributed by atoms with Gasteiger partial charge < -0.3 is 9.15 Å². The van der Waals surface area contributed by atoms with Gasteiger partial charge in [0.2, 0.25) is 0 Å². The van der Waals surface area contributed by atoms with E-state index in [4.69, 9.17) is 9.15 Å². The van der Waals surface area contributed by atoms with Gasteiger partial charge in [-0.1, -0.05) is 29.8 Å². The van der Waals surface area contributed by atoms with E-state index < -0.39 is 10.8 Å². The number of benzene rings is 2. The molecule has 4 rings (SSSR count). The molecule has 0 saturated carbocycles. The minimum absolute atomic E-state index is 0.163. The van der Waals surface area contributed by atoms with E-state index in [9.17, 15) is 19.7 Å². The number of imide groups is 1. The molecule has 2 amide bonds. The molecule has 9 heteroatoms. The summed E-state index contributed by atoms with van der Waals surface area (Å²) >= 11 is 0.832. The molecule has 3 aromatic rings. The fourth-order valence-electron chi connectivity index (χ4n) is 3.33. The molecule has 32 heavy (non-hydrogen) atoms. The molecule has 2 aromatic carbocycles. The number of thioether (sulfide) groups is 1. The van der Waals surface area contributed by atoms with Crippen LogP contribution in [0, 0.1) is 17.0 Å². The highest BCUT2D eigenvalue weighted by molar-refractivity contribution is 8.18. The Kier molecular flexibility index (Phi) is 5.83. The van der Waals surface area contributed by atoms with E-state index in [-0.39, 0.29) is 33.7 Å². The lowest BCUT2D eigenvalue weighted by Gasteiger charge is -2.12. The normalized spacial score (nSPS) is 14.9. The second-order valence-corrected chi connectivity index (χ2v) is 8.09. The number of nitro benzene ring substituents is 1. The quantitative estimate of drug-likeness (QED) is 0.281. The number of hydrogen-bond donors (Lipinski definition) is 0. The van der Waals surface area contributed by atoms with Crippen LogP contribution >= 0.6 is 11.8 Å². The number of rotatable bonds is 6. The molecule has 8 nitrogen and oxygen atoms in total. The largest absolute Gasteiger partial charge is 0.497 e. The first-order valence-electron chi connectivity index (χ1n) is 9.59. The second kappa shape index (κ2) is 8.72. The van der Waals surface area contributed by atoms with Crippen LogP contribution in [0.15, 0.2) is 63.9 Å². The molecule has 0 atom stereocenters. The number of nitrogens with zero attached hydrogens (tertiary/aromatic N) is 2. The Hall–Kier alpha value is -3.85. The minimum atomic E-state index is -0.517. The number of amides is 2. The van der Waals surface area contributed by atoms with Crippen molar-refractivity contribution in [3.8, 4) is 17.1 Å². The summed E-state index contributed by atoms with van der Waals surface area (Å²) in [7, 11) is 1.43. The van der Waals surface area contributed by atoms with E-state index in [1.165, 1.54) is 30.2 Å². The third kappa shape index (κ3) is 4.28. The van der Waals surface area contributed by atoms with Crippen molar-refractivity contribution in [3.63, 3.8) is 0 Å². The van der Waals surface area contributed by atoms with Gasteiger partial charge in [-0.15, -0.1) is 0 Å². The highest BCUT2D eigenvalue weighted by Crippen LogP contribution is 2.37. The van der Waals surface area contributed by atoms with Gasteiger partial charge in [-0.2, -0.15) is 0 Å². The number of furan rings is 1. The minimum Gasteiger partial charge on any atom is -0.497 e. The van der Waals surface area contributed by atoms with Crippen molar-refractivity contribution >= 4 is 34.7 Å². The number of aryl methyl sites for hydroxylation is 1. The van der Waals surface area contributed by atoms with Crippen molar-refractivity contribution in [2.24, 2.45) is 0 Å². The highest BCUT2D eigenvalue weighted by atomic mass is 32.2. The number of carbonyl (C=O) groups is 2. The van der Waals surface area contributed by atoms with Crippen LogP contribution in [0.25, 0.3) is 17.4 Å². The second-order valence-electron chi connectivity index (χ2n) is 7.10. The van der Waals surface area contributed by atoms with Gasteiger partial charge in [-0.3, -0.25) is 24.6 Å². The molecular formula is C23H18N2O6S. The summed E-state index contributed by atoms with van der Waals surface area (Å²) in [6, 6.07) is 15.2. The molecule has 1 aliphatic rings.